The number of nitrogens with one attached hydrogen (secondary N) is 1. The highest BCUT2D eigenvalue weighted by atomic mass is 32.2. The van der Waals surface area contributed by atoms with Gasteiger partial charge >= 0.3 is 0 Å². The zero-order valence-electron chi connectivity index (χ0n) is 9.22. The summed E-state index contributed by atoms with van der Waals surface area (Å²) in [6.07, 6.45) is 0.553. The average molecular weight is 250 g/mol. The fourth-order valence-electron chi connectivity index (χ4n) is 1.42. The Morgan fingerprint density at radius 2 is 2.24 bits per heavy atom. The van der Waals surface area contributed by atoms with Crippen molar-refractivity contribution in [2.75, 3.05) is 5.75 Å². The number of primary amides is 1. The molecule has 1 atom stereocenters. The van der Waals surface area contributed by atoms with Crippen molar-refractivity contribution in [1.82, 2.24) is 9.97 Å². The van der Waals surface area contributed by atoms with E-state index in [0.29, 0.717) is 12.2 Å². The average Bonchev–Trinajstić information content (AvgIpc) is 2.71. The molecule has 17 heavy (non-hydrogen) atoms. The van der Waals surface area contributed by atoms with E-state index in [1.54, 1.807) is 0 Å². The Labute approximate surface area is 103 Å². The molecule has 90 valence electrons. The first kappa shape index (κ1) is 11.9. The van der Waals surface area contributed by atoms with E-state index >= 15 is 0 Å². The van der Waals surface area contributed by atoms with Crippen molar-refractivity contribution < 1.29 is 4.79 Å². The van der Waals surface area contributed by atoms with Gasteiger partial charge < -0.3 is 16.5 Å². The van der Waals surface area contributed by atoms with Crippen LogP contribution in [-0.4, -0.2) is 27.7 Å². The molecule has 2 aromatic rings. The number of carbonyl (C=O) groups excluding carboxylic acids is 1. The number of imidazole rings is 1. The Morgan fingerprint density at radius 3 is 2.94 bits per heavy atom. The molecule has 5 nitrogen and oxygen atoms in total. The molecule has 0 saturated heterocycles. The molecule has 0 aliphatic heterocycles. The van der Waals surface area contributed by atoms with Crippen LogP contribution < -0.4 is 11.5 Å². The number of aromatic amines is 1. The van der Waals surface area contributed by atoms with Gasteiger partial charge in [0.05, 0.1) is 17.1 Å². The number of H-pyrrole nitrogens is 1. The molecule has 1 aromatic carbocycles. The van der Waals surface area contributed by atoms with Crippen LogP contribution in [0.15, 0.2) is 29.4 Å². The molecule has 1 aromatic heterocycles. The number of nitrogens with two attached hydrogens (primary N) is 2. The van der Waals surface area contributed by atoms with E-state index in [1.165, 1.54) is 11.8 Å². The van der Waals surface area contributed by atoms with E-state index in [9.17, 15) is 4.79 Å². The summed E-state index contributed by atoms with van der Waals surface area (Å²) in [5.41, 5.74) is 12.6. The Hall–Kier alpha value is -1.53. The minimum Gasteiger partial charge on any atom is -0.368 e. The molecule has 0 fully saturated rings. The Kier molecular flexibility index (Phi) is 3.65. The van der Waals surface area contributed by atoms with E-state index in [1.807, 2.05) is 24.3 Å². The molecule has 0 spiro atoms. The van der Waals surface area contributed by atoms with Gasteiger partial charge in [0.25, 0.3) is 0 Å². The highest BCUT2D eigenvalue weighted by Crippen LogP contribution is 2.19. The third kappa shape index (κ3) is 2.98. The van der Waals surface area contributed by atoms with Gasteiger partial charge in [-0.3, -0.25) is 4.79 Å². The number of nitrogens with zero attached hydrogens (tertiary/aromatic N) is 1. The van der Waals surface area contributed by atoms with Crippen molar-refractivity contribution in [1.29, 1.82) is 0 Å². The maximum atomic E-state index is 10.7. The van der Waals surface area contributed by atoms with Gasteiger partial charge in [-0.15, -0.1) is 0 Å². The third-order valence-corrected chi connectivity index (χ3v) is 3.31. The van der Waals surface area contributed by atoms with Crippen molar-refractivity contribution >= 4 is 28.7 Å². The van der Waals surface area contributed by atoms with Crippen LogP contribution in [0.4, 0.5) is 0 Å². The van der Waals surface area contributed by atoms with Gasteiger partial charge in [-0.25, -0.2) is 4.98 Å². The first-order chi connectivity index (χ1) is 8.16. The van der Waals surface area contributed by atoms with Crippen molar-refractivity contribution in [3.8, 4) is 0 Å². The van der Waals surface area contributed by atoms with Gasteiger partial charge in [0.15, 0.2) is 5.16 Å². The number of thioether (sulfide) groups is 1. The van der Waals surface area contributed by atoms with Gasteiger partial charge in [-0.2, -0.15) is 0 Å². The number of fused-ring (bicyclic) bond motifs is 1. The van der Waals surface area contributed by atoms with Crippen LogP contribution in [0.2, 0.25) is 0 Å². The summed E-state index contributed by atoms with van der Waals surface area (Å²) in [6, 6.07) is 7.25. The number of amides is 1. The lowest BCUT2D eigenvalue weighted by Crippen LogP contribution is -2.36. The summed E-state index contributed by atoms with van der Waals surface area (Å²) in [5.74, 6) is 0.249. The number of aromatic nitrogens is 2. The highest BCUT2D eigenvalue weighted by molar-refractivity contribution is 7.99. The van der Waals surface area contributed by atoms with E-state index in [-0.39, 0.29) is 0 Å². The molecule has 2 rings (SSSR count). The van der Waals surface area contributed by atoms with Crippen LogP contribution in [0.5, 0.6) is 0 Å². The number of para-hydroxylation sites is 2. The SMILES string of the molecule is NC(=O)C(N)CCSc1nc2ccccc2[nH]1. The number of hydrogen-bond acceptors (Lipinski definition) is 4. The summed E-state index contributed by atoms with van der Waals surface area (Å²) >= 11 is 1.54. The van der Waals surface area contributed by atoms with Crippen LogP contribution in [0.25, 0.3) is 11.0 Å². The van der Waals surface area contributed by atoms with Gasteiger partial charge in [-0.05, 0) is 18.6 Å². The summed E-state index contributed by atoms with van der Waals surface area (Å²) in [5, 5.41) is 0.836. The predicted molar refractivity (Wildman–Crippen MR) is 68.6 cm³/mol. The fourth-order valence-corrected chi connectivity index (χ4v) is 2.33. The smallest absolute Gasteiger partial charge is 0.234 e. The Bertz CT molecular complexity index is 492. The number of benzene rings is 1. The van der Waals surface area contributed by atoms with Gasteiger partial charge in [-0.1, -0.05) is 23.9 Å². The molecule has 1 amide bonds. The molecule has 0 aliphatic rings. The monoisotopic (exact) mass is 250 g/mol. The highest BCUT2D eigenvalue weighted by Gasteiger charge is 2.09. The molecule has 6 heteroatoms. The molecule has 1 unspecified atom stereocenters. The molecule has 1 heterocycles. The quantitative estimate of drug-likeness (QED) is 0.685. The number of hydrogen-bond donors (Lipinski definition) is 3. The van der Waals surface area contributed by atoms with Crippen LogP contribution in [0.3, 0.4) is 0 Å². The van der Waals surface area contributed by atoms with E-state index in [4.69, 9.17) is 11.5 Å². The summed E-state index contributed by atoms with van der Waals surface area (Å²) in [4.78, 5) is 18.3. The van der Waals surface area contributed by atoms with Crippen LogP contribution >= 0.6 is 11.8 Å². The molecule has 5 N–H and O–H groups in total. The summed E-state index contributed by atoms with van der Waals surface area (Å²) in [7, 11) is 0. The zero-order chi connectivity index (χ0) is 12.3. The first-order valence-electron chi connectivity index (χ1n) is 5.29. The summed E-state index contributed by atoms with van der Waals surface area (Å²) in [6.45, 7) is 0. The topological polar surface area (TPSA) is 97.8 Å². The van der Waals surface area contributed by atoms with Crippen molar-refractivity contribution in [2.45, 2.75) is 17.6 Å². The second-order valence-corrected chi connectivity index (χ2v) is 4.79. The maximum Gasteiger partial charge on any atom is 0.234 e. The van der Waals surface area contributed by atoms with Crippen molar-refractivity contribution in [2.24, 2.45) is 11.5 Å². The molecule has 0 bridgehead atoms. The molecular formula is C11H14N4OS. The number of carbonyl (C=O) groups is 1. The Balaban J connectivity index is 1.93. The molecule has 0 radical (unpaired) electrons. The largest absolute Gasteiger partial charge is 0.368 e. The molecular weight excluding hydrogens is 236 g/mol. The van der Waals surface area contributed by atoms with Gasteiger partial charge in [0.2, 0.25) is 5.91 Å². The lowest BCUT2D eigenvalue weighted by molar-refractivity contribution is -0.119. The fraction of sp³-hybridized carbons (Fsp3) is 0.273. The van der Waals surface area contributed by atoms with E-state index in [2.05, 4.69) is 9.97 Å². The van der Waals surface area contributed by atoms with E-state index < -0.39 is 11.9 Å². The van der Waals surface area contributed by atoms with Crippen molar-refractivity contribution in [3.05, 3.63) is 24.3 Å². The number of rotatable bonds is 5. The second kappa shape index (κ2) is 5.20. The zero-order valence-corrected chi connectivity index (χ0v) is 10.0. The standard InChI is InChI=1S/C11H14N4OS/c12-7(10(13)16)5-6-17-11-14-8-3-1-2-4-9(8)15-11/h1-4,7H,5-6,12H2,(H2,13,16)(H,14,15). The minimum atomic E-state index is -0.577. The first-order valence-corrected chi connectivity index (χ1v) is 6.28. The van der Waals surface area contributed by atoms with Crippen LogP contribution in [0.1, 0.15) is 6.42 Å². The lowest BCUT2D eigenvalue weighted by atomic mass is 10.2. The van der Waals surface area contributed by atoms with Gasteiger partial charge in [0, 0.05) is 5.75 Å². The van der Waals surface area contributed by atoms with Crippen LogP contribution in [-0.2, 0) is 4.79 Å². The molecule has 0 saturated carbocycles. The second-order valence-electron chi connectivity index (χ2n) is 3.71. The van der Waals surface area contributed by atoms with Crippen LogP contribution in [0, 0.1) is 0 Å². The van der Waals surface area contributed by atoms with Gasteiger partial charge in [0.1, 0.15) is 0 Å². The minimum absolute atomic E-state index is 0.463. The maximum absolute atomic E-state index is 10.7. The third-order valence-electron chi connectivity index (χ3n) is 2.40. The molecule has 0 aliphatic carbocycles. The van der Waals surface area contributed by atoms with Crippen molar-refractivity contribution in [3.63, 3.8) is 0 Å². The normalized spacial score (nSPS) is 12.8. The Morgan fingerprint density at radius 1 is 1.47 bits per heavy atom. The van der Waals surface area contributed by atoms with E-state index in [0.717, 1.165) is 16.2 Å². The summed E-state index contributed by atoms with van der Waals surface area (Å²) < 4.78 is 0. The predicted octanol–water partition coefficient (Wildman–Crippen LogP) is 0.858. The lowest BCUT2D eigenvalue weighted by Gasteiger charge is -2.04.